The third kappa shape index (κ3) is 12.1. The molecule has 0 aliphatic rings. The molecule has 4 atom stereocenters. The molecule has 0 aromatic heterocycles. The van der Waals surface area contributed by atoms with Gasteiger partial charge in [-0.25, -0.2) is 4.79 Å². The quantitative estimate of drug-likeness (QED) is 0.0548. The summed E-state index contributed by atoms with van der Waals surface area (Å²) >= 11 is 0. The maximum absolute atomic E-state index is 13.1. The summed E-state index contributed by atoms with van der Waals surface area (Å²) < 4.78 is 0. The van der Waals surface area contributed by atoms with Gasteiger partial charge in [0.2, 0.25) is 17.7 Å². The van der Waals surface area contributed by atoms with E-state index in [-0.39, 0.29) is 38.2 Å². The predicted molar refractivity (Wildman–Crippen MR) is 135 cm³/mol. The van der Waals surface area contributed by atoms with Crippen LogP contribution < -0.4 is 33.2 Å². The summed E-state index contributed by atoms with van der Waals surface area (Å²) in [5.41, 5.74) is 16.7. The largest absolute Gasteiger partial charge is 0.481 e. The second-order valence-corrected chi connectivity index (χ2v) is 8.38. The van der Waals surface area contributed by atoms with Gasteiger partial charge in [0.1, 0.15) is 24.2 Å². The third-order valence-corrected chi connectivity index (χ3v) is 5.29. The van der Waals surface area contributed by atoms with Crippen LogP contribution >= 0.6 is 0 Å². The number of aliphatic imine (C=N–C) groups is 1. The molecule has 1 aromatic rings. The number of hydrogen-bond acceptors (Lipinski definition) is 8. The Morgan fingerprint density at radius 1 is 0.842 bits per heavy atom. The highest BCUT2D eigenvalue weighted by atomic mass is 16.4. The molecule has 15 heteroatoms. The third-order valence-electron chi connectivity index (χ3n) is 5.29. The molecular formula is C23H35N7O8. The van der Waals surface area contributed by atoms with Gasteiger partial charge in [-0.3, -0.25) is 24.2 Å². The van der Waals surface area contributed by atoms with Gasteiger partial charge in [0.25, 0.3) is 0 Å². The van der Waals surface area contributed by atoms with Crippen molar-refractivity contribution in [3.8, 4) is 0 Å². The lowest BCUT2D eigenvalue weighted by atomic mass is 10.0. The number of guanidine groups is 1. The number of nitrogens with one attached hydrogen (secondary N) is 3. The van der Waals surface area contributed by atoms with Gasteiger partial charge in [0, 0.05) is 19.4 Å². The van der Waals surface area contributed by atoms with Crippen LogP contribution in [0.4, 0.5) is 0 Å². The molecule has 0 spiro atoms. The van der Waals surface area contributed by atoms with Crippen molar-refractivity contribution in [2.45, 2.75) is 56.3 Å². The Bertz CT molecular complexity index is 985. The first kappa shape index (κ1) is 31.8. The maximum atomic E-state index is 13.1. The van der Waals surface area contributed by atoms with Crippen LogP contribution in [0, 0.1) is 0 Å². The number of amides is 3. The van der Waals surface area contributed by atoms with Crippen molar-refractivity contribution in [1.82, 2.24) is 16.0 Å². The lowest BCUT2D eigenvalue weighted by Gasteiger charge is -2.25. The van der Waals surface area contributed by atoms with Gasteiger partial charge in [-0.2, -0.15) is 0 Å². The molecule has 1 rings (SSSR count). The molecule has 0 radical (unpaired) electrons. The van der Waals surface area contributed by atoms with Crippen molar-refractivity contribution >= 4 is 35.6 Å². The van der Waals surface area contributed by atoms with E-state index in [1.165, 1.54) is 0 Å². The van der Waals surface area contributed by atoms with E-state index in [9.17, 15) is 29.1 Å². The van der Waals surface area contributed by atoms with E-state index in [1.807, 2.05) is 0 Å². The highest BCUT2D eigenvalue weighted by molar-refractivity contribution is 5.94. The molecule has 0 saturated heterocycles. The van der Waals surface area contributed by atoms with Crippen LogP contribution in [0.15, 0.2) is 35.3 Å². The number of carbonyl (C=O) groups is 5. The highest BCUT2D eigenvalue weighted by Gasteiger charge is 2.30. The van der Waals surface area contributed by atoms with Crippen molar-refractivity contribution in [3.63, 3.8) is 0 Å². The number of carboxylic acids is 2. The molecule has 0 saturated carbocycles. The van der Waals surface area contributed by atoms with Gasteiger partial charge in [0.05, 0.1) is 6.61 Å². The topological polar surface area (TPSA) is 273 Å². The number of nitrogens with two attached hydrogens (primary N) is 3. The molecular weight excluding hydrogens is 502 g/mol. The molecule has 0 heterocycles. The van der Waals surface area contributed by atoms with Crippen molar-refractivity contribution in [3.05, 3.63) is 35.9 Å². The van der Waals surface area contributed by atoms with Crippen molar-refractivity contribution in [1.29, 1.82) is 0 Å². The summed E-state index contributed by atoms with van der Waals surface area (Å²) in [5.74, 6) is -5.34. The SMILES string of the molecule is NC(N)=NCCCC(NC(=O)C(CCC(=O)O)NC(=O)C(Cc1ccccc1)NC(=O)C(N)CO)C(=O)O. The lowest BCUT2D eigenvalue weighted by molar-refractivity contribution is -0.143. The van der Waals surface area contributed by atoms with Gasteiger partial charge in [-0.15, -0.1) is 0 Å². The monoisotopic (exact) mass is 537 g/mol. The number of carboxylic acid groups (broad SMARTS) is 2. The van der Waals surface area contributed by atoms with Gasteiger partial charge in [-0.05, 0) is 24.8 Å². The van der Waals surface area contributed by atoms with Gasteiger partial charge in [-0.1, -0.05) is 30.3 Å². The Balaban J connectivity index is 3.06. The van der Waals surface area contributed by atoms with E-state index < -0.39 is 66.9 Å². The van der Waals surface area contributed by atoms with Gasteiger partial charge >= 0.3 is 11.9 Å². The summed E-state index contributed by atoms with van der Waals surface area (Å²) in [6.45, 7) is -0.549. The number of aliphatic hydroxyl groups excluding tert-OH is 1. The molecule has 15 nitrogen and oxygen atoms in total. The van der Waals surface area contributed by atoms with Crippen molar-refractivity contribution in [2.24, 2.45) is 22.2 Å². The second-order valence-electron chi connectivity index (χ2n) is 8.38. The zero-order chi connectivity index (χ0) is 28.7. The number of carbonyl (C=O) groups excluding carboxylic acids is 3. The molecule has 12 N–H and O–H groups in total. The standard InChI is InChI=1S/C23H35N7O8/c24-14(12-31)19(34)30-17(11-13-5-2-1-3-6-13)21(36)28-15(8-9-18(32)33)20(35)29-16(22(37)38)7-4-10-27-23(25)26/h1-3,5-6,14-17,31H,4,7-12,24H2,(H,28,36)(H,29,35)(H,30,34)(H,32,33)(H,37,38)(H4,25,26,27). The maximum Gasteiger partial charge on any atom is 0.326 e. The zero-order valence-corrected chi connectivity index (χ0v) is 20.7. The summed E-state index contributed by atoms with van der Waals surface area (Å²) in [4.78, 5) is 64.8. The Labute approximate surface area is 218 Å². The average Bonchev–Trinajstić information content (AvgIpc) is 2.87. The smallest absolute Gasteiger partial charge is 0.326 e. The van der Waals surface area contributed by atoms with E-state index in [0.29, 0.717) is 5.56 Å². The average molecular weight is 538 g/mol. The molecule has 0 aliphatic heterocycles. The minimum Gasteiger partial charge on any atom is -0.481 e. The van der Waals surface area contributed by atoms with Crippen LogP contribution in [0.2, 0.25) is 0 Å². The van der Waals surface area contributed by atoms with E-state index in [1.54, 1.807) is 30.3 Å². The van der Waals surface area contributed by atoms with E-state index in [0.717, 1.165) is 0 Å². The van der Waals surface area contributed by atoms with Gasteiger partial charge in [0.15, 0.2) is 5.96 Å². The zero-order valence-electron chi connectivity index (χ0n) is 20.7. The van der Waals surface area contributed by atoms with Crippen LogP contribution in [0.3, 0.4) is 0 Å². The first-order valence-electron chi connectivity index (χ1n) is 11.8. The predicted octanol–water partition coefficient (Wildman–Crippen LogP) is -2.99. The lowest BCUT2D eigenvalue weighted by Crippen LogP contribution is -2.58. The molecule has 1 aromatic carbocycles. The number of nitrogens with zero attached hydrogens (tertiary/aromatic N) is 1. The first-order valence-corrected chi connectivity index (χ1v) is 11.8. The van der Waals surface area contributed by atoms with E-state index in [2.05, 4.69) is 20.9 Å². The first-order chi connectivity index (χ1) is 17.9. The van der Waals surface area contributed by atoms with Gasteiger partial charge < -0.3 is 48.5 Å². The molecule has 210 valence electrons. The fraction of sp³-hybridized carbons (Fsp3) is 0.478. The fourth-order valence-electron chi connectivity index (χ4n) is 3.26. The van der Waals surface area contributed by atoms with Crippen molar-refractivity contribution in [2.75, 3.05) is 13.2 Å². The van der Waals surface area contributed by atoms with Crippen LogP contribution in [0.5, 0.6) is 0 Å². The second kappa shape index (κ2) is 16.5. The fourth-order valence-corrected chi connectivity index (χ4v) is 3.26. The molecule has 3 amide bonds. The van der Waals surface area contributed by atoms with Crippen LogP contribution in [-0.2, 0) is 30.4 Å². The van der Waals surface area contributed by atoms with E-state index >= 15 is 0 Å². The Morgan fingerprint density at radius 2 is 1.42 bits per heavy atom. The number of rotatable bonds is 17. The van der Waals surface area contributed by atoms with Crippen LogP contribution in [0.25, 0.3) is 0 Å². The number of hydrogen-bond donors (Lipinski definition) is 9. The number of aliphatic hydroxyl groups is 1. The molecule has 4 unspecified atom stereocenters. The summed E-state index contributed by atoms with van der Waals surface area (Å²) in [6.07, 6.45) is -0.686. The van der Waals surface area contributed by atoms with Crippen LogP contribution in [-0.4, -0.2) is 88.3 Å². The Morgan fingerprint density at radius 3 is 1.97 bits per heavy atom. The number of aliphatic carboxylic acids is 2. The summed E-state index contributed by atoms with van der Waals surface area (Å²) in [5, 5.41) is 34.8. The number of benzene rings is 1. The van der Waals surface area contributed by atoms with E-state index in [4.69, 9.17) is 27.4 Å². The summed E-state index contributed by atoms with van der Waals surface area (Å²) in [7, 11) is 0. The molecule has 0 aliphatic carbocycles. The normalized spacial score (nSPS) is 13.7. The Hall–Kier alpha value is -4.24. The van der Waals surface area contributed by atoms with Crippen LogP contribution in [0.1, 0.15) is 31.2 Å². The minimum atomic E-state index is -1.43. The van der Waals surface area contributed by atoms with Crippen molar-refractivity contribution < 1.29 is 39.3 Å². The Kier molecular flexibility index (Phi) is 13.8. The highest BCUT2D eigenvalue weighted by Crippen LogP contribution is 2.07. The summed E-state index contributed by atoms with van der Waals surface area (Å²) in [6, 6.07) is 3.26. The minimum absolute atomic E-state index is 0.00757. The molecule has 0 bridgehead atoms. The molecule has 0 fully saturated rings. The molecule has 38 heavy (non-hydrogen) atoms.